The quantitative estimate of drug-likeness (QED) is 0.536. The Hall–Kier alpha value is -1.31. The highest BCUT2D eigenvalue weighted by molar-refractivity contribution is 5.69. The number of hydrogen-bond acceptors (Lipinski definition) is 2. The molecule has 2 heteroatoms. The van der Waals surface area contributed by atoms with Crippen LogP contribution in [0, 0.1) is 0 Å². The maximum Gasteiger partial charge on any atom is 0.305 e. The van der Waals surface area contributed by atoms with Gasteiger partial charge in [-0.1, -0.05) is 38.1 Å². The van der Waals surface area contributed by atoms with Crippen molar-refractivity contribution in [2.24, 2.45) is 0 Å². The summed E-state index contributed by atoms with van der Waals surface area (Å²) in [5.41, 5.74) is 2.75. The lowest BCUT2D eigenvalue weighted by molar-refractivity contribution is -0.143. The monoisotopic (exact) mass is 248 g/mol. The molecule has 0 radical (unpaired) electrons. The zero-order chi connectivity index (χ0) is 13.4. The lowest BCUT2D eigenvalue weighted by Crippen LogP contribution is -2.03. The van der Waals surface area contributed by atoms with Gasteiger partial charge in [0.1, 0.15) is 0 Å². The van der Waals surface area contributed by atoms with Gasteiger partial charge < -0.3 is 4.74 Å². The average molecular weight is 248 g/mol. The first-order chi connectivity index (χ1) is 8.63. The number of carbonyl (C=O) groups is 1. The Morgan fingerprint density at radius 1 is 1.28 bits per heavy atom. The Morgan fingerprint density at radius 3 is 2.72 bits per heavy atom. The summed E-state index contributed by atoms with van der Waals surface area (Å²) in [6, 6.07) is 8.73. The molecule has 1 rings (SSSR count). The van der Waals surface area contributed by atoms with Crippen LogP contribution in [0.15, 0.2) is 24.3 Å². The van der Waals surface area contributed by atoms with Gasteiger partial charge in [-0.3, -0.25) is 4.79 Å². The number of carbonyl (C=O) groups excluding carboxylic acids is 1. The predicted octanol–water partition coefficient (Wildman–Crippen LogP) is 4.09. The van der Waals surface area contributed by atoms with Gasteiger partial charge in [-0.2, -0.15) is 0 Å². The largest absolute Gasteiger partial charge is 0.466 e. The van der Waals surface area contributed by atoms with Crippen molar-refractivity contribution in [2.75, 3.05) is 6.61 Å². The minimum absolute atomic E-state index is 0.0755. The van der Waals surface area contributed by atoms with E-state index in [4.69, 9.17) is 4.74 Å². The number of esters is 1. The number of benzene rings is 1. The summed E-state index contributed by atoms with van der Waals surface area (Å²) in [7, 11) is 0. The van der Waals surface area contributed by atoms with Crippen LogP contribution in [0.2, 0.25) is 0 Å². The molecule has 18 heavy (non-hydrogen) atoms. The molecular weight excluding hydrogens is 224 g/mol. The number of aryl methyl sites for hydroxylation is 1. The van der Waals surface area contributed by atoms with E-state index in [1.807, 2.05) is 6.92 Å². The molecule has 2 nitrogen and oxygen atoms in total. The van der Waals surface area contributed by atoms with Crippen molar-refractivity contribution in [1.29, 1.82) is 0 Å². The third kappa shape index (κ3) is 5.35. The van der Waals surface area contributed by atoms with Crippen molar-refractivity contribution in [2.45, 2.75) is 52.4 Å². The second-order valence-electron chi connectivity index (χ2n) is 4.91. The van der Waals surface area contributed by atoms with Crippen LogP contribution in [0.25, 0.3) is 0 Å². The Kier molecular flexibility index (Phi) is 6.48. The van der Waals surface area contributed by atoms with Crippen molar-refractivity contribution < 1.29 is 9.53 Å². The van der Waals surface area contributed by atoms with Crippen LogP contribution in [0.1, 0.15) is 57.1 Å². The van der Waals surface area contributed by atoms with Crippen molar-refractivity contribution in [3.8, 4) is 0 Å². The van der Waals surface area contributed by atoms with Gasteiger partial charge in [-0.05, 0) is 43.2 Å². The van der Waals surface area contributed by atoms with Crippen LogP contribution in [0.5, 0.6) is 0 Å². The van der Waals surface area contributed by atoms with E-state index in [1.165, 1.54) is 11.1 Å². The molecule has 0 bridgehead atoms. The molecule has 0 fully saturated rings. The van der Waals surface area contributed by atoms with Crippen LogP contribution < -0.4 is 0 Å². The number of hydrogen-bond donors (Lipinski definition) is 0. The van der Waals surface area contributed by atoms with Crippen molar-refractivity contribution >= 4 is 5.97 Å². The molecule has 1 aromatic carbocycles. The third-order valence-electron chi connectivity index (χ3n) is 3.02. The summed E-state index contributed by atoms with van der Waals surface area (Å²) in [6.45, 7) is 6.74. The van der Waals surface area contributed by atoms with Crippen LogP contribution in [0.3, 0.4) is 0 Å². The molecule has 0 aromatic heterocycles. The molecule has 0 aliphatic heterocycles. The first-order valence-corrected chi connectivity index (χ1v) is 6.88. The molecule has 0 aliphatic carbocycles. The van der Waals surface area contributed by atoms with E-state index in [1.54, 1.807) is 0 Å². The second kappa shape index (κ2) is 7.91. The molecule has 0 spiro atoms. The maximum absolute atomic E-state index is 11.2. The maximum atomic E-state index is 11.2. The molecule has 0 aliphatic rings. The molecule has 0 atom stereocenters. The highest BCUT2D eigenvalue weighted by Crippen LogP contribution is 2.17. The fourth-order valence-corrected chi connectivity index (χ4v) is 1.94. The van der Waals surface area contributed by atoms with Crippen molar-refractivity contribution in [1.82, 2.24) is 0 Å². The van der Waals surface area contributed by atoms with E-state index < -0.39 is 0 Å². The van der Waals surface area contributed by atoms with E-state index in [2.05, 4.69) is 38.1 Å². The van der Waals surface area contributed by atoms with Gasteiger partial charge in [0.05, 0.1) is 6.61 Å². The number of ether oxygens (including phenoxy) is 1. The Labute approximate surface area is 110 Å². The van der Waals surface area contributed by atoms with Gasteiger partial charge in [0.25, 0.3) is 0 Å². The highest BCUT2D eigenvalue weighted by Gasteiger charge is 2.03. The minimum Gasteiger partial charge on any atom is -0.466 e. The molecule has 0 saturated carbocycles. The van der Waals surface area contributed by atoms with Gasteiger partial charge in [-0.15, -0.1) is 0 Å². The lowest BCUT2D eigenvalue weighted by atomic mass is 9.98. The summed E-state index contributed by atoms with van der Waals surface area (Å²) < 4.78 is 4.91. The highest BCUT2D eigenvalue weighted by atomic mass is 16.5. The fourth-order valence-electron chi connectivity index (χ4n) is 1.94. The average Bonchev–Trinajstić information content (AvgIpc) is 2.35. The summed E-state index contributed by atoms with van der Waals surface area (Å²) >= 11 is 0. The standard InChI is InChI=1S/C16H24O2/c1-4-18-16(17)11-6-5-8-14-9-7-10-15(12-14)13(2)3/h7,9-10,12-13H,4-6,8,11H2,1-3H3. The van der Waals surface area contributed by atoms with E-state index >= 15 is 0 Å². The van der Waals surface area contributed by atoms with E-state index in [0.29, 0.717) is 18.9 Å². The second-order valence-corrected chi connectivity index (χ2v) is 4.91. The molecular formula is C16H24O2. The van der Waals surface area contributed by atoms with Gasteiger partial charge in [0, 0.05) is 6.42 Å². The normalized spacial score (nSPS) is 10.7. The van der Waals surface area contributed by atoms with E-state index in [0.717, 1.165) is 19.3 Å². The van der Waals surface area contributed by atoms with Gasteiger partial charge >= 0.3 is 5.97 Å². The fraction of sp³-hybridized carbons (Fsp3) is 0.562. The van der Waals surface area contributed by atoms with Crippen LogP contribution in [0.4, 0.5) is 0 Å². The number of unbranched alkanes of at least 4 members (excludes halogenated alkanes) is 1. The number of rotatable bonds is 7. The summed E-state index contributed by atoms with van der Waals surface area (Å²) in [5.74, 6) is 0.498. The zero-order valence-corrected chi connectivity index (χ0v) is 11.7. The molecule has 0 amide bonds. The summed E-state index contributed by atoms with van der Waals surface area (Å²) in [5, 5.41) is 0. The van der Waals surface area contributed by atoms with Gasteiger partial charge in [0.15, 0.2) is 0 Å². The molecule has 0 saturated heterocycles. The smallest absolute Gasteiger partial charge is 0.305 e. The minimum atomic E-state index is -0.0755. The molecule has 0 N–H and O–H groups in total. The first kappa shape index (κ1) is 14.7. The van der Waals surface area contributed by atoms with Gasteiger partial charge in [0.2, 0.25) is 0 Å². The molecule has 100 valence electrons. The third-order valence-corrected chi connectivity index (χ3v) is 3.02. The summed E-state index contributed by atoms with van der Waals surface area (Å²) in [6.07, 6.45) is 3.53. The zero-order valence-electron chi connectivity index (χ0n) is 11.7. The molecule has 0 heterocycles. The SMILES string of the molecule is CCOC(=O)CCCCc1cccc(C(C)C)c1. The Morgan fingerprint density at radius 2 is 2.06 bits per heavy atom. The van der Waals surface area contributed by atoms with Gasteiger partial charge in [-0.25, -0.2) is 0 Å². The molecule has 1 aromatic rings. The topological polar surface area (TPSA) is 26.3 Å². The van der Waals surface area contributed by atoms with Crippen molar-refractivity contribution in [3.63, 3.8) is 0 Å². The Bertz CT molecular complexity index is 369. The first-order valence-electron chi connectivity index (χ1n) is 6.88. The van der Waals surface area contributed by atoms with Crippen LogP contribution in [-0.2, 0) is 16.0 Å². The Balaban J connectivity index is 2.31. The molecule has 0 unspecified atom stereocenters. The van der Waals surface area contributed by atoms with Crippen LogP contribution >= 0.6 is 0 Å². The summed E-state index contributed by atoms with van der Waals surface area (Å²) in [4.78, 5) is 11.2. The van der Waals surface area contributed by atoms with Crippen molar-refractivity contribution in [3.05, 3.63) is 35.4 Å². The van der Waals surface area contributed by atoms with Crippen LogP contribution in [-0.4, -0.2) is 12.6 Å². The predicted molar refractivity (Wildman–Crippen MR) is 74.7 cm³/mol. The van der Waals surface area contributed by atoms with E-state index in [-0.39, 0.29) is 5.97 Å². The van der Waals surface area contributed by atoms with E-state index in [9.17, 15) is 4.79 Å². The lowest BCUT2D eigenvalue weighted by Gasteiger charge is -2.08.